The number of likely N-dealkylation sites (tertiary alicyclic amines) is 1. The van der Waals surface area contributed by atoms with E-state index in [-0.39, 0.29) is 6.04 Å². The number of likely N-dealkylation sites (N-methyl/N-ethyl adjacent to an activating group) is 1. The van der Waals surface area contributed by atoms with Crippen LogP contribution in [-0.2, 0) is 18.4 Å². The van der Waals surface area contributed by atoms with Crippen LogP contribution in [0.15, 0.2) is 47.7 Å². The van der Waals surface area contributed by atoms with Gasteiger partial charge in [0.05, 0.1) is 25.5 Å². The Balaban J connectivity index is 1.46. The van der Waals surface area contributed by atoms with Gasteiger partial charge in [-0.25, -0.2) is 0 Å². The number of aromatic nitrogens is 2. The molecule has 2 aromatic rings. The maximum Gasteiger partial charge on any atom is 0.193 e. The summed E-state index contributed by atoms with van der Waals surface area (Å²) in [5, 5.41) is 7.87. The Kier molecular flexibility index (Phi) is 7.66. The maximum atomic E-state index is 5.95. The van der Waals surface area contributed by atoms with Crippen LogP contribution < -0.4 is 5.32 Å². The van der Waals surface area contributed by atoms with Crippen LogP contribution in [0, 0.1) is 5.92 Å². The van der Waals surface area contributed by atoms with Crippen LogP contribution >= 0.6 is 0 Å². The first kappa shape index (κ1) is 21.3. The summed E-state index contributed by atoms with van der Waals surface area (Å²) in [6.45, 7) is 4.25. The van der Waals surface area contributed by atoms with E-state index in [2.05, 4.69) is 69.8 Å². The van der Waals surface area contributed by atoms with Gasteiger partial charge in [-0.2, -0.15) is 5.10 Å². The highest BCUT2D eigenvalue weighted by molar-refractivity contribution is 5.80. The summed E-state index contributed by atoms with van der Waals surface area (Å²) >= 11 is 0. The van der Waals surface area contributed by atoms with E-state index in [0.29, 0.717) is 12.5 Å². The molecule has 0 radical (unpaired) electrons. The number of guanidine groups is 1. The van der Waals surface area contributed by atoms with Gasteiger partial charge in [-0.15, -0.1) is 0 Å². The van der Waals surface area contributed by atoms with Crippen molar-refractivity contribution in [3.05, 3.63) is 53.9 Å². The third-order valence-corrected chi connectivity index (χ3v) is 5.45. The fourth-order valence-corrected chi connectivity index (χ4v) is 3.81. The lowest BCUT2D eigenvalue weighted by atomic mass is 10.1. The molecule has 158 valence electrons. The quantitative estimate of drug-likeness (QED) is 0.545. The van der Waals surface area contributed by atoms with E-state index < -0.39 is 0 Å². The second-order valence-electron chi connectivity index (χ2n) is 7.96. The number of nitrogens with zero attached hydrogens (tertiary/aromatic N) is 5. The molecule has 1 aromatic carbocycles. The predicted octanol–water partition coefficient (Wildman–Crippen LogP) is 2.14. The molecule has 0 spiro atoms. The Morgan fingerprint density at radius 1 is 1.34 bits per heavy atom. The Labute approximate surface area is 174 Å². The molecule has 1 saturated heterocycles. The summed E-state index contributed by atoms with van der Waals surface area (Å²) in [5.41, 5.74) is 2.43. The summed E-state index contributed by atoms with van der Waals surface area (Å²) < 4.78 is 7.80. The third kappa shape index (κ3) is 6.05. The molecular formula is C22H34N6O. The fourth-order valence-electron chi connectivity index (χ4n) is 3.81. The first-order valence-corrected chi connectivity index (χ1v) is 10.3. The zero-order valence-electron chi connectivity index (χ0n) is 18.1. The van der Waals surface area contributed by atoms with Gasteiger partial charge in [0.15, 0.2) is 5.96 Å². The van der Waals surface area contributed by atoms with Crippen LogP contribution in [0.3, 0.4) is 0 Å². The Morgan fingerprint density at radius 2 is 2.14 bits per heavy atom. The Hall–Kier alpha value is -2.38. The van der Waals surface area contributed by atoms with Crippen molar-refractivity contribution >= 4 is 5.96 Å². The highest BCUT2D eigenvalue weighted by atomic mass is 16.5. The number of hydrogen-bond donors (Lipinski definition) is 1. The fraction of sp³-hybridized carbons (Fsp3) is 0.545. The summed E-state index contributed by atoms with van der Waals surface area (Å²) in [4.78, 5) is 9.06. The largest absolute Gasteiger partial charge is 0.376 e. The van der Waals surface area contributed by atoms with E-state index >= 15 is 0 Å². The van der Waals surface area contributed by atoms with Gasteiger partial charge in [0.1, 0.15) is 0 Å². The van der Waals surface area contributed by atoms with Crippen molar-refractivity contribution in [1.29, 1.82) is 0 Å². The van der Waals surface area contributed by atoms with Crippen LogP contribution in [-0.4, -0.2) is 72.9 Å². The summed E-state index contributed by atoms with van der Waals surface area (Å²) in [5.74, 6) is 1.51. The summed E-state index contributed by atoms with van der Waals surface area (Å²) in [7, 11) is 8.00. The van der Waals surface area contributed by atoms with Crippen molar-refractivity contribution in [2.45, 2.75) is 19.1 Å². The molecule has 29 heavy (non-hydrogen) atoms. The number of benzene rings is 1. The lowest BCUT2D eigenvalue weighted by Gasteiger charge is -2.27. The molecule has 0 bridgehead atoms. The third-order valence-electron chi connectivity index (χ3n) is 5.45. The molecule has 7 heteroatoms. The molecule has 0 saturated carbocycles. The SMILES string of the molecule is CN=C(NCC(c1cnn(C)c1)N(C)C)N1CCC(COCc2ccccc2)C1. The Morgan fingerprint density at radius 3 is 2.79 bits per heavy atom. The molecule has 3 rings (SSSR count). The highest BCUT2D eigenvalue weighted by Gasteiger charge is 2.26. The summed E-state index contributed by atoms with van der Waals surface area (Å²) in [6.07, 6.45) is 5.14. The van der Waals surface area contributed by atoms with Gasteiger partial charge in [-0.1, -0.05) is 30.3 Å². The van der Waals surface area contributed by atoms with E-state index in [1.54, 1.807) is 0 Å². The molecule has 0 aliphatic carbocycles. The highest BCUT2D eigenvalue weighted by Crippen LogP contribution is 2.19. The van der Waals surface area contributed by atoms with Gasteiger partial charge in [0.25, 0.3) is 0 Å². The van der Waals surface area contributed by atoms with Crippen molar-refractivity contribution in [3.8, 4) is 0 Å². The first-order valence-electron chi connectivity index (χ1n) is 10.3. The minimum atomic E-state index is 0.244. The minimum absolute atomic E-state index is 0.244. The van der Waals surface area contributed by atoms with Crippen molar-refractivity contribution in [2.24, 2.45) is 18.0 Å². The number of rotatable bonds is 8. The van der Waals surface area contributed by atoms with Crippen LogP contribution in [0.4, 0.5) is 0 Å². The number of nitrogens with one attached hydrogen (secondary N) is 1. The molecule has 1 aliphatic rings. The van der Waals surface area contributed by atoms with Crippen LogP contribution in [0.1, 0.15) is 23.6 Å². The van der Waals surface area contributed by atoms with Gasteiger partial charge in [-0.3, -0.25) is 9.67 Å². The van der Waals surface area contributed by atoms with Gasteiger partial charge in [0.2, 0.25) is 0 Å². The average molecular weight is 399 g/mol. The Bertz CT molecular complexity index is 773. The van der Waals surface area contributed by atoms with Gasteiger partial charge >= 0.3 is 0 Å². The molecule has 1 aromatic heterocycles. The van der Waals surface area contributed by atoms with E-state index in [9.17, 15) is 0 Å². The molecule has 7 nitrogen and oxygen atoms in total. The monoisotopic (exact) mass is 398 g/mol. The van der Waals surface area contributed by atoms with Gasteiger partial charge < -0.3 is 19.9 Å². The molecule has 0 amide bonds. The number of ether oxygens (including phenoxy) is 1. The number of aliphatic imine (C=N–C) groups is 1. The summed E-state index contributed by atoms with van der Waals surface area (Å²) in [6, 6.07) is 10.6. The second-order valence-corrected chi connectivity index (χ2v) is 7.96. The molecular weight excluding hydrogens is 364 g/mol. The van der Waals surface area contributed by atoms with Crippen molar-refractivity contribution in [2.75, 3.05) is 47.4 Å². The second kappa shape index (κ2) is 10.4. The molecule has 1 fully saturated rings. The zero-order valence-corrected chi connectivity index (χ0v) is 18.1. The molecule has 2 atom stereocenters. The molecule has 2 heterocycles. The number of aryl methyl sites for hydroxylation is 1. The molecule has 1 N–H and O–H groups in total. The van der Waals surface area contributed by atoms with Crippen molar-refractivity contribution in [3.63, 3.8) is 0 Å². The number of hydrogen-bond acceptors (Lipinski definition) is 4. The molecule has 2 unspecified atom stereocenters. The first-order chi connectivity index (χ1) is 14.1. The standard InChI is InChI=1S/C22H34N6O/c1-23-22(24-13-21(26(2)3)20-12-25-27(4)15-20)28-11-10-19(14-28)17-29-16-18-8-6-5-7-9-18/h5-9,12,15,19,21H,10-11,13-14,16-17H2,1-4H3,(H,23,24). The maximum absolute atomic E-state index is 5.95. The average Bonchev–Trinajstić information content (AvgIpc) is 3.35. The van der Waals surface area contributed by atoms with Crippen molar-refractivity contribution < 1.29 is 4.74 Å². The topological polar surface area (TPSA) is 57.9 Å². The molecule has 1 aliphatic heterocycles. The van der Waals surface area contributed by atoms with Crippen LogP contribution in [0.2, 0.25) is 0 Å². The lowest BCUT2D eigenvalue weighted by Crippen LogP contribution is -2.43. The smallest absolute Gasteiger partial charge is 0.193 e. The zero-order chi connectivity index (χ0) is 20.6. The van der Waals surface area contributed by atoms with Crippen molar-refractivity contribution in [1.82, 2.24) is 24.9 Å². The lowest BCUT2D eigenvalue weighted by molar-refractivity contribution is 0.0906. The van der Waals surface area contributed by atoms with Crippen LogP contribution in [0.25, 0.3) is 0 Å². The minimum Gasteiger partial charge on any atom is -0.376 e. The van der Waals surface area contributed by atoms with Gasteiger partial charge in [-0.05, 0) is 26.1 Å². The van der Waals surface area contributed by atoms with Gasteiger partial charge in [0, 0.05) is 51.4 Å². The van der Waals surface area contributed by atoms with E-state index in [1.165, 1.54) is 11.1 Å². The van der Waals surface area contributed by atoms with E-state index in [4.69, 9.17) is 4.74 Å². The van der Waals surface area contributed by atoms with Crippen LogP contribution in [0.5, 0.6) is 0 Å². The predicted molar refractivity (Wildman–Crippen MR) is 117 cm³/mol. The van der Waals surface area contributed by atoms with E-state index in [0.717, 1.165) is 38.6 Å². The normalized spacial score (nSPS) is 18.4. The van der Waals surface area contributed by atoms with E-state index in [1.807, 2.05) is 31.0 Å².